The first-order valence-corrected chi connectivity index (χ1v) is 7.49. The van der Waals surface area contributed by atoms with E-state index < -0.39 is 5.82 Å². The number of rotatable bonds is 2. The lowest BCUT2D eigenvalue weighted by Crippen LogP contribution is -2.38. The van der Waals surface area contributed by atoms with Crippen LogP contribution in [-0.4, -0.2) is 17.4 Å². The third kappa shape index (κ3) is 2.04. The average molecular weight is 297 g/mol. The predicted octanol–water partition coefficient (Wildman–Crippen LogP) is 2.88. The topological polar surface area (TPSA) is 59.2 Å². The first-order chi connectivity index (χ1) is 10.6. The highest BCUT2D eigenvalue weighted by molar-refractivity contribution is 6.09. The van der Waals surface area contributed by atoms with E-state index in [-0.39, 0.29) is 11.6 Å². The molecule has 1 aromatic heterocycles. The molecule has 112 valence electrons. The molecule has 2 aliphatic rings. The van der Waals surface area contributed by atoms with Crippen molar-refractivity contribution in [3.63, 3.8) is 0 Å². The lowest BCUT2D eigenvalue weighted by Gasteiger charge is -2.30. The molecule has 0 spiro atoms. The van der Waals surface area contributed by atoms with Gasteiger partial charge in [0.2, 0.25) is 0 Å². The molecule has 1 aromatic carbocycles. The second kappa shape index (κ2) is 4.80. The molecule has 0 bridgehead atoms. The van der Waals surface area contributed by atoms with Gasteiger partial charge in [-0.05, 0) is 54.5 Å². The van der Waals surface area contributed by atoms with Gasteiger partial charge < -0.3 is 10.6 Å². The third-order valence-electron chi connectivity index (χ3n) is 4.44. The summed E-state index contributed by atoms with van der Waals surface area (Å²) in [6.07, 6.45) is 6.47. The molecule has 2 heterocycles. The Morgan fingerprint density at radius 1 is 1.32 bits per heavy atom. The number of hydrogen-bond acceptors (Lipinski definition) is 3. The van der Waals surface area contributed by atoms with Crippen molar-refractivity contribution in [2.45, 2.75) is 25.2 Å². The maximum atomic E-state index is 13.6. The SMILES string of the molecule is Nc1cc2c(cc1F)CCN(c1cnccc1C1CC1)C2=O. The van der Waals surface area contributed by atoms with Crippen LogP contribution in [0.2, 0.25) is 0 Å². The fourth-order valence-electron chi connectivity index (χ4n) is 3.11. The minimum absolute atomic E-state index is 0.0163. The second-order valence-corrected chi connectivity index (χ2v) is 5.95. The van der Waals surface area contributed by atoms with Gasteiger partial charge in [0.1, 0.15) is 5.82 Å². The van der Waals surface area contributed by atoms with Crippen molar-refractivity contribution in [1.29, 1.82) is 0 Å². The van der Waals surface area contributed by atoms with Crippen LogP contribution in [0.4, 0.5) is 15.8 Å². The van der Waals surface area contributed by atoms with Gasteiger partial charge in [-0.3, -0.25) is 9.78 Å². The fourth-order valence-corrected chi connectivity index (χ4v) is 3.11. The van der Waals surface area contributed by atoms with E-state index in [4.69, 9.17) is 5.73 Å². The second-order valence-electron chi connectivity index (χ2n) is 5.95. The molecule has 1 amide bonds. The number of pyridine rings is 1. The molecule has 4 nitrogen and oxygen atoms in total. The number of benzene rings is 1. The number of aromatic nitrogens is 1. The Morgan fingerprint density at radius 3 is 2.91 bits per heavy atom. The zero-order chi connectivity index (χ0) is 15.3. The van der Waals surface area contributed by atoms with Crippen LogP contribution < -0.4 is 10.6 Å². The summed E-state index contributed by atoms with van der Waals surface area (Å²) in [5, 5.41) is 0. The number of halogens is 1. The van der Waals surface area contributed by atoms with Crippen LogP contribution in [0.15, 0.2) is 30.6 Å². The molecular formula is C17H16FN3O. The molecule has 1 aliphatic heterocycles. The Morgan fingerprint density at radius 2 is 2.14 bits per heavy atom. The summed E-state index contributed by atoms with van der Waals surface area (Å²) >= 11 is 0. The molecular weight excluding hydrogens is 281 g/mol. The summed E-state index contributed by atoms with van der Waals surface area (Å²) in [5.74, 6) is -0.0478. The van der Waals surface area contributed by atoms with Crippen LogP contribution in [0.3, 0.4) is 0 Å². The van der Waals surface area contributed by atoms with Crippen molar-refractivity contribution < 1.29 is 9.18 Å². The number of carbonyl (C=O) groups is 1. The van der Waals surface area contributed by atoms with E-state index in [1.54, 1.807) is 17.3 Å². The zero-order valence-electron chi connectivity index (χ0n) is 12.1. The van der Waals surface area contributed by atoms with Crippen molar-refractivity contribution >= 4 is 17.3 Å². The number of amides is 1. The molecule has 0 unspecified atom stereocenters. The van der Waals surface area contributed by atoms with Gasteiger partial charge in [-0.15, -0.1) is 0 Å². The van der Waals surface area contributed by atoms with Gasteiger partial charge in [0, 0.05) is 18.3 Å². The molecule has 22 heavy (non-hydrogen) atoms. The molecule has 0 saturated heterocycles. The van der Waals surface area contributed by atoms with E-state index in [1.165, 1.54) is 17.7 Å². The van der Waals surface area contributed by atoms with Crippen molar-refractivity contribution in [2.24, 2.45) is 0 Å². The van der Waals surface area contributed by atoms with Crippen LogP contribution in [-0.2, 0) is 6.42 Å². The number of fused-ring (bicyclic) bond motifs is 1. The van der Waals surface area contributed by atoms with Gasteiger partial charge in [0.25, 0.3) is 5.91 Å². The highest BCUT2D eigenvalue weighted by Crippen LogP contribution is 2.44. The fraction of sp³-hybridized carbons (Fsp3) is 0.294. The highest BCUT2D eigenvalue weighted by atomic mass is 19.1. The van der Waals surface area contributed by atoms with E-state index >= 15 is 0 Å². The van der Waals surface area contributed by atoms with Crippen molar-refractivity contribution in [3.05, 3.63) is 53.1 Å². The molecule has 2 aromatic rings. The smallest absolute Gasteiger partial charge is 0.258 e. The summed E-state index contributed by atoms with van der Waals surface area (Å²) in [6, 6.07) is 4.83. The quantitative estimate of drug-likeness (QED) is 0.867. The summed E-state index contributed by atoms with van der Waals surface area (Å²) in [7, 11) is 0. The molecule has 0 atom stereocenters. The summed E-state index contributed by atoms with van der Waals surface area (Å²) in [4.78, 5) is 18.7. The first kappa shape index (κ1) is 13.2. The summed E-state index contributed by atoms with van der Waals surface area (Å²) in [6.45, 7) is 0.542. The van der Waals surface area contributed by atoms with E-state index in [2.05, 4.69) is 4.98 Å². The van der Waals surface area contributed by atoms with Crippen LogP contribution in [0.1, 0.15) is 40.2 Å². The summed E-state index contributed by atoms with van der Waals surface area (Å²) < 4.78 is 13.6. The number of anilines is 2. The standard InChI is InChI=1S/C17H16FN3O/c18-14-7-11-4-6-21(17(22)13(11)8-15(14)19)16-9-20-5-3-12(16)10-1-2-10/h3,5,7-10H,1-2,4,6,19H2. The van der Waals surface area contributed by atoms with E-state index in [0.29, 0.717) is 24.4 Å². The van der Waals surface area contributed by atoms with Crippen LogP contribution in [0.5, 0.6) is 0 Å². The maximum Gasteiger partial charge on any atom is 0.258 e. The van der Waals surface area contributed by atoms with Crippen LogP contribution >= 0.6 is 0 Å². The highest BCUT2D eigenvalue weighted by Gasteiger charge is 2.32. The molecule has 5 heteroatoms. The zero-order valence-corrected chi connectivity index (χ0v) is 12.1. The van der Waals surface area contributed by atoms with Crippen molar-refractivity contribution in [3.8, 4) is 0 Å². The molecule has 1 fully saturated rings. The summed E-state index contributed by atoms with van der Waals surface area (Å²) in [5.41, 5.74) is 8.92. The first-order valence-electron chi connectivity index (χ1n) is 7.49. The largest absolute Gasteiger partial charge is 0.396 e. The molecule has 4 rings (SSSR count). The van der Waals surface area contributed by atoms with Gasteiger partial charge in [-0.1, -0.05) is 0 Å². The number of nitrogen functional groups attached to an aromatic ring is 1. The van der Waals surface area contributed by atoms with E-state index in [0.717, 1.165) is 24.1 Å². The van der Waals surface area contributed by atoms with Gasteiger partial charge in [-0.25, -0.2) is 4.39 Å². The minimum atomic E-state index is -0.458. The average Bonchev–Trinajstić information content (AvgIpc) is 3.35. The van der Waals surface area contributed by atoms with Crippen LogP contribution in [0, 0.1) is 5.82 Å². The molecule has 1 aliphatic carbocycles. The Hall–Kier alpha value is -2.43. The lowest BCUT2D eigenvalue weighted by atomic mass is 9.96. The van der Waals surface area contributed by atoms with E-state index in [1.807, 2.05) is 6.07 Å². The normalized spacial score (nSPS) is 17.5. The third-order valence-corrected chi connectivity index (χ3v) is 4.44. The number of nitrogens with zero attached hydrogens (tertiary/aromatic N) is 2. The Balaban J connectivity index is 1.76. The number of hydrogen-bond donors (Lipinski definition) is 1. The molecule has 2 N–H and O–H groups in total. The molecule has 1 saturated carbocycles. The lowest BCUT2D eigenvalue weighted by molar-refractivity contribution is 0.0980. The maximum absolute atomic E-state index is 13.6. The van der Waals surface area contributed by atoms with Crippen LogP contribution in [0.25, 0.3) is 0 Å². The predicted molar refractivity (Wildman–Crippen MR) is 82.4 cm³/mol. The Kier molecular flexibility index (Phi) is 2.89. The van der Waals surface area contributed by atoms with Gasteiger partial charge in [0.05, 0.1) is 17.6 Å². The minimum Gasteiger partial charge on any atom is -0.396 e. The van der Waals surface area contributed by atoms with Gasteiger partial charge in [-0.2, -0.15) is 0 Å². The number of nitrogens with two attached hydrogens (primary N) is 1. The van der Waals surface area contributed by atoms with E-state index in [9.17, 15) is 9.18 Å². The Bertz CT molecular complexity index is 770. The van der Waals surface area contributed by atoms with Crippen molar-refractivity contribution in [2.75, 3.05) is 17.2 Å². The monoisotopic (exact) mass is 297 g/mol. The van der Waals surface area contributed by atoms with Crippen molar-refractivity contribution in [1.82, 2.24) is 4.98 Å². The molecule has 0 radical (unpaired) electrons. The number of carbonyl (C=O) groups excluding carboxylic acids is 1. The Labute approximate surface area is 127 Å². The van der Waals surface area contributed by atoms with Gasteiger partial charge >= 0.3 is 0 Å². The van der Waals surface area contributed by atoms with Gasteiger partial charge in [0.15, 0.2) is 0 Å².